The summed E-state index contributed by atoms with van der Waals surface area (Å²) < 4.78 is 10.2. The van der Waals surface area contributed by atoms with Crippen LogP contribution in [0.3, 0.4) is 0 Å². The van der Waals surface area contributed by atoms with Crippen molar-refractivity contribution in [1.29, 1.82) is 0 Å². The molecule has 0 radical (unpaired) electrons. The molecule has 2 amide bonds. The van der Waals surface area contributed by atoms with E-state index in [2.05, 4.69) is 15.9 Å². The Kier molecular flexibility index (Phi) is 7.50. The monoisotopic (exact) mass is 490 g/mol. The number of hydrogen-bond donors (Lipinski definition) is 0. The summed E-state index contributed by atoms with van der Waals surface area (Å²) in [6.07, 6.45) is 1.43. The number of rotatable bonds is 7. The lowest BCUT2D eigenvalue weighted by Gasteiger charge is -2.19. The molecule has 0 unspecified atom stereocenters. The van der Waals surface area contributed by atoms with Gasteiger partial charge >= 0.3 is 5.97 Å². The van der Waals surface area contributed by atoms with Crippen LogP contribution in [-0.4, -0.2) is 47.2 Å². The van der Waals surface area contributed by atoms with Gasteiger partial charge in [0.25, 0.3) is 11.1 Å². The van der Waals surface area contributed by atoms with Gasteiger partial charge in [-0.15, -0.1) is 0 Å². The highest BCUT2D eigenvalue weighted by Gasteiger charge is 2.41. The number of aliphatic carboxylic acids is 1. The Hall–Kier alpha value is -2.04. The molecule has 0 saturated carbocycles. The Balaban J connectivity index is 2.26. The molecule has 0 aromatic heterocycles. The Morgan fingerprint density at radius 2 is 2.07 bits per heavy atom. The molecule has 1 atom stereocenters. The summed E-state index contributed by atoms with van der Waals surface area (Å²) in [5.41, 5.74) is 0.465. The lowest BCUT2D eigenvalue weighted by molar-refractivity contribution is -0.307. The molecule has 1 fully saturated rings. The summed E-state index contributed by atoms with van der Waals surface area (Å²) in [7, 11) is 0. The van der Waals surface area contributed by atoms with E-state index in [0.717, 1.165) is 4.90 Å². The van der Waals surface area contributed by atoms with Crippen molar-refractivity contribution in [2.24, 2.45) is 0 Å². The number of carboxylic acid groups (broad SMARTS) is 1. The van der Waals surface area contributed by atoms with E-state index in [1.165, 1.54) is 19.1 Å². The van der Waals surface area contributed by atoms with Crippen LogP contribution in [0.4, 0.5) is 4.79 Å². The number of benzene rings is 1. The van der Waals surface area contributed by atoms with E-state index < -0.39 is 35.7 Å². The van der Waals surface area contributed by atoms with Gasteiger partial charge < -0.3 is 19.4 Å². The number of halogens is 2. The van der Waals surface area contributed by atoms with Gasteiger partial charge in [-0.1, -0.05) is 11.6 Å². The van der Waals surface area contributed by atoms with Crippen molar-refractivity contribution < 1.29 is 33.8 Å². The third-order valence-corrected chi connectivity index (χ3v) is 5.24. The topological polar surface area (TPSA) is 113 Å². The zero-order chi connectivity index (χ0) is 21.0. The van der Waals surface area contributed by atoms with Crippen molar-refractivity contribution in [3.8, 4) is 5.75 Å². The summed E-state index contributed by atoms with van der Waals surface area (Å²) in [6.45, 7) is 2.49. The first-order chi connectivity index (χ1) is 13.1. The second kappa shape index (κ2) is 9.44. The highest BCUT2D eigenvalue weighted by atomic mass is 79.9. The first-order valence-electron chi connectivity index (χ1n) is 7.91. The van der Waals surface area contributed by atoms with Crippen LogP contribution < -0.4 is 9.84 Å². The van der Waals surface area contributed by atoms with Gasteiger partial charge in [-0.25, -0.2) is 4.79 Å². The van der Waals surface area contributed by atoms with E-state index in [9.17, 15) is 24.3 Å². The smallest absolute Gasteiger partial charge is 0.329 e. The van der Waals surface area contributed by atoms with Crippen LogP contribution in [0.15, 0.2) is 21.5 Å². The van der Waals surface area contributed by atoms with Crippen LogP contribution in [-0.2, 0) is 19.1 Å². The lowest BCUT2D eigenvalue weighted by Crippen LogP contribution is -2.42. The lowest BCUT2D eigenvalue weighted by atomic mass is 10.2. The molecule has 1 aliphatic rings. The third-order valence-electron chi connectivity index (χ3n) is 3.49. The van der Waals surface area contributed by atoms with Gasteiger partial charge in [0.05, 0.1) is 27.0 Å². The molecule has 150 valence electrons. The maximum absolute atomic E-state index is 12.6. The number of ether oxygens (including phenoxy) is 2. The minimum Gasteiger partial charge on any atom is -0.546 e. The quantitative estimate of drug-likeness (QED) is 0.421. The van der Waals surface area contributed by atoms with E-state index in [1.807, 2.05) is 0 Å². The number of imide groups is 1. The highest BCUT2D eigenvalue weighted by Crippen LogP contribution is 2.38. The maximum atomic E-state index is 12.6. The zero-order valence-electron chi connectivity index (χ0n) is 14.7. The van der Waals surface area contributed by atoms with Crippen LogP contribution in [0.25, 0.3) is 6.08 Å². The molecule has 0 spiro atoms. The number of hydrogen-bond acceptors (Lipinski definition) is 8. The Morgan fingerprint density at radius 3 is 2.64 bits per heavy atom. The molecular formula is C17H14BrClNO7S-. The average Bonchev–Trinajstić information content (AvgIpc) is 2.87. The van der Waals surface area contributed by atoms with Crippen molar-refractivity contribution in [2.75, 3.05) is 13.2 Å². The molecule has 11 heteroatoms. The average molecular weight is 492 g/mol. The molecule has 1 aromatic carbocycles. The standard InChI is InChI=1S/C17H15BrClNO7S/c1-3-26-16(24)8(2)20-15(23)12(28-17(20)25)6-9-4-10(18)14(11(19)5-9)27-7-13(21)22/h4-6,8H,3,7H2,1-2H3,(H,21,22)/p-1/b12-6-/t8-/m1/s1. The van der Waals surface area contributed by atoms with E-state index in [0.29, 0.717) is 21.8 Å². The number of esters is 1. The molecule has 28 heavy (non-hydrogen) atoms. The fraction of sp³-hybridized carbons (Fsp3) is 0.294. The second-order valence-electron chi connectivity index (χ2n) is 5.45. The molecule has 1 heterocycles. The van der Waals surface area contributed by atoms with Crippen molar-refractivity contribution in [2.45, 2.75) is 19.9 Å². The maximum Gasteiger partial charge on any atom is 0.329 e. The van der Waals surface area contributed by atoms with Crippen LogP contribution >= 0.6 is 39.3 Å². The van der Waals surface area contributed by atoms with Crippen LogP contribution in [0.1, 0.15) is 19.4 Å². The fourth-order valence-corrected chi connectivity index (χ4v) is 4.16. The summed E-state index contributed by atoms with van der Waals surface area (Å²) in [4.78, 5) is 48.0. The number of carbonyl (C=O) groups is 4. The van der Waals surface area contributed by atoms with Crippen LogP contribution in [0.5, 0.6) is 5.75 Å². The van der Waals surface area contributed by atoms with Gasteiger partial charge in [0, 0.05) is 0 Å². The number of nitrogens with zero attached hydrogens (tertiary/aromatic N) is 1. The number of carboxylic acids is 1. The zero-order valence-corrected chi connectivity index (χ0v) is 17.9. The van der Waals surface area contributed by atoms with Gasteiger partial charge in [0.1, 0.15) is 12.6 Å². The normalized spacial score (nSPS) is 16.4. The molecule has 0 N–H and O–H groups in total. The number of carbonyl (C=O) groups excluding carboxylic acids is 4. The molecule has 0 bridgehead atoms. The summed E-state index contributed by atoms with van der Waals surface area (Å²) in [5.74, 6) is -2.60. The van der Waals surface area contributed by atoms with Gasteiger partial charge in [-0.2, -0.15) is 0 Å². The minimum atomic E-state index is -1.41. The van der Waals surface area contributed by atoms with Crippen LogP contribution in [0.2, 0.25) is 5.02 Å². The van der Waals surface area contributed by atoms with Crippen molar-refractivity contribution in [1.82, 2.24) is 4.90 Å². The predicted molar refractivity (Wildman–Crippen MR) is 104 cm³/mol. The molecule has 1 saturated heterocycles. The first kappa shape index (κ1) is 22.3. The molecule has 0 aliphatic carbocycles. The van der Waals surface area contributed by atoms with Gasteiger partial charge in [-0.05, 0) is 65.3 Å². The van der Waals surface area contributed by atoms with E-state index in [4.69, 9.17) is 21.1 Å². The van der Waals surface area contributed by atoms with E-state index >= 15 is 0 Å². The van der Waals surface area contributed by atoms with Gasteiger partial charge in [0.15, 0.2) is 5.75 Å². The Labute approximate surface area is 177 Å². The van der Waals surface area contributed by atoms with Crippen molar-refractivity contribution in [3.05, 3.63) is 32.1 Å². The highest BCUT2D eigenvalue weighted by molar-refractivity contribution is 9.10. The summed E-state index contributed by atoms with van der Waals surface area (Å²) >= 11 is 10.00. The molecular weight excluding hydrogens is 478 g/mol. The molecule has 1 aliphatic heterocycles. The number of thioether (sulfide) groups is 1. The second-order valence-corrected chi connectivity index (χ2v) is 7.71. The van der Waals surface area contributed by atoms with Gasteiger partial charge in [0.2, 0.25) is 0 Å². The summed E-state index contributed by atoms with van der Waals surface area (Å²) in [5, 5.41) is 10.0. The third kappa shape index (κ3) is 5.06. The Morgan fingerprint density at radius 1 is 1.39 bits per heavy atom. The predicted octanol–water partition coefficient (Wildman–Crippen LogP) is 2.22. The number of amides is 2. The molecule has 8 nitrogen and oxygen atoms in total. The van der Waals surface area contributed by atoms with Gasteiger partial charge in [-0.3, -0.25) is 14.5 Å². The van der Waals surface area contributed by atoms with E-state index in [-0.39, 0.29) is 22.3 Å². The largest absolute Gasteiger partial charge is 0.546 e. The molecule has 2 rings (SSSR count). The van der Waals surface area contributed by atoms with Crippen molar-refractivity contribution in [3.63, 3.8) is 0 Å². The summed E-state index contributed by atoms with van der Waals surface area (Å²) in [6, 6.07) is 1.94. The first-order valence-corrected chi connectivity index (χ1v) is 9.89. The SMILES string of the molecule is CCOC(=O)[C@@H](C)N1C(=O)S/C(=C\c2cc(Cl)c(OCC(=O)[O-])c(Br)c2)C1=O. The van der Waals surface area contributed by atoms with E-state index in [1.54, 1.807) is 13.0 Å². The van der Waals surface area contributed by atoms with Crippen molar-refractivity contribution >= 4 is 68.5 Å². The molecule has 1 aromatic rings. The minimum absolute atomic E-state index is 0.0981. The Bertz CT molecular complexity index is 850. The fourth-order valence-electron chi connectivity index (χ4n) is 2.27. The van der Waals surface area contributed by atoms with Crippen LogP contribution in [0, 0.1) is 0 Å².